The summed E-state index contributed by atoms with van der Waals surface area (Å²) in [5.74, 6) is 0.318. The van der Waals surface area contributed by atoms with Crippen molar-refractivity contribution in [3.05, 3.63) is 12.0 Å². The minimum Gasteiger partial charge on any atom is -0.394 e. The summed E-state index contributed by atoms with van der Waals surface area (Å²) in [6.07, 6.45) is -4.19. The van der Waals surface area contributed by atoms with Gasteiger partial charge in [-0.25, -0.2) is 9.98 Å². The number of hydrogen-bond donors (Lipinski definition) is 6. The summed E-state index contributed by atoms with van der Waals surface area (Å²) in [5, 5.41) is 41.2. The van der Waals surface area contributed by atoms with Gasteiger partial charge in [0.05, 0.1) is 12.9 Å². The molecule has 0 aromatic carbocycles. The first-order valence-electron chi connectivity index (χ1n) is 6.00. The fourth-order valence-electron chi connectivity index (χ4n) is 2.34. The maximum atomic E-state index is 9.98. The van der Waals surface area contributed by atoms with Crippen LogP contribution in [0, 0.1) is 0 Å². The molecule has 3 rings (SSSR count). The molecular weight excluding hydrogens is 270 g/mol. The third-order valence-electron chi connectivity index (χ3n) is 3.37. The van der Waals surface area contributed by atoms with E-state index >= 15 is 0 Å². The van der Waals surface area contributed by atoms with Gasteiger partial charge >= 0.3 is 0 Å². The molecule has 5 unspecified atom stereocenters. The van der Waals surface area contributed by atoms with E-state index < -0.39 is 37.4 Å². The minimum absolute atomic E-state index is 0.00140. The lowest BCUT2D eigenvalue weighted by molar-refractivity contribution is -0.0518. The highest BCUT2D eigenvalue weighted by molar-refractivity contribution is 5.93. The van der Waals surface area contributed by atoms with Gasteiger partial charge in [-0.2, -0.15) is 0 Å². The Morgan fingerprint density at radius 2 is 2.10 bits per heavy atom. The molecule has 0 aliphatic carbocycles. The number of rotatable bonds is 2. The van der Waals surface area contributed by atoms with E-state index in [1.54, 1.807) is 0 Å². The molecule has 0 bridgehead atoms. The molecule has 3 heterocycles. The smallest absolute Gasteiger partial charge is 0.197 e. The van der Waals surface area contributed by atoms with Gasteiger partial charge in [-0.1, -0.05) is 0 Å². The van der Waals surface area contributed by atoms with Gasteiger partial charge in [0.2, 0.25) is 0 Å². The molecule has 0 amide bonds. The summed E-state index contributed by atoms with van der Waals surface area (Å²) in [6.45, 7) is -0.425. The molecule has 1 aromatic rings. The zero-order valence-corrected chi connectivity index (χ0v) is 10.3. The van der Waals surface area contributed by atoms with Gasteiger partial charge in [-0.15, -0.1) is 0 Å². The van der Waals surface area contributed by atoms with E-state index in [0.717, 1.165) is 0 Å². The molecule has 10 heteroatoms. The lowest BCUT2D eigenvalue weighted by Crippen LogP contribution is -2.34. The Kier molecular flexibility index (Phi) is 3.11. The molecule has 7 N–H and O–H groups in total. The molecule has 1 fully saturated rings. The molecule has 0 spiro atoms. The van der Waals surface area contributed by atoms with E-state index in [0.29, 0.717) is 5.82 Å². The Morgan fingerprint density at radius 3 is 2.75 bits per heavy atom. The molecule has 2 aliphatic heterocycles. The maximum absolute atomic E-state index is 9.98. The highest BCUT2D eigenvalue weighted by Gasteiger charge is 2.44. The van der Waals surface area contributed by atoms with Gasteiger partial charge in [0.1, 0.15) is 29.8 Å². The summed E-state index contributed by atoms with van der Waals surface area (Å²) in [4.78, 5) is 7.68. The Hall–Kier alpha value is -1.72. The van der Waals surface area contributed by atoms with Gasteiger partial charge in [-0.3, -0.25) is 4.57 Å². The molecule has 10 nitrogen and oxygen atoms in total. The number of anilines is 1. The first kappa shape index (κ1) is 13.3. The first-order valence-corrected chi connectivity index (χ1v) is 6.00. The zero-order chi connectivity index (χ0) is 14.4. The van der Waals surface area contributed by atoms with Gasteiger partial charge in [0.15, 0.2) is 18.4 Å². The molecule has 1 saturated heterocycles. The number of ether oxygens (including phenoxy) is 1. The number of hydrogen-bond acceptors (Lipinski definition) is 9. The van der Waals surface area contributed by atoms with Crippen molar-refractivity contribution in [2.45, 2.75) is 30.8 Å². The molecule has 20 heavy (non-hydrogen) atoms. The van der Waals surface area contributed by atoms with Gasteiger partial charge in [0, 0.05) is 0 Å². The second-order valence-corrected chi connectivity index (χ2v) is 4.63. The predicted octanol–water partition coefficient (Wildman–Crippen LogP) is -2.77. The number of fused-ring (bicyclic) bond motifs is 1. The number of imidazole rings is 1. The van der Waals surface area contributed by atoms with Crippen molar-refractivity contribution < 1.29 is 25.2 Å². The van der Waals surface area contributed by atoms with Gasteiger partial charge in [0.25, 0.3) is 0 Å². The number of aromatic nitrogens is 2. The summed E-state index contributed by atoms with van der Waals surface area (Å²) in [6, 6.07) is 0. The van der Waals surface area contributed by atoms with E-state index in [-0.39, 0.29) is 11.7 Å². The summed E-state index contributed by atoms with van der Waals surface area (Å²) < 4.78 is 6.78. The molecule has 5 atom stereocenters. The number of nitrogens with one attached hydrogen (secondary N) is 1. The number of nitrogens with zero attached hydrogens (tertiary/aromatic N) is 3. The molecule has 0 saturated carbocycles. The highest BCUT2D eigenvalue weighted by atomic mass is 16.6. The van der Waals surface area contributed by atoms with Crippen LogP contribution in [0.3, 0.4) is 0 Å². The van der Waals surface area contributed by atoms with Gasteiger partial charge < -0.3 is 36.2 Å². The van der Waals surface area contributed by atoms with Crippen molar-refractivity contribution in [1.82, 2.24) is 9.55 Å². The second kappa shape index (κ2) is 4.68. The van der Waals surface area contributed by atoms with Crippen LogP contribution in [-0.2, 0) is 4.74 Å². The van der Waals surface area contributed by atoms with E-state index in [1.165, 1.54) is 10.9 Å². The van der Waals surface area contributed by atoms with Crippen LogP contribution in [0.5, 0.6) is 0 Å². The van der Waals surface area contributed by atoms with Crippen LogP contribution in [0.4, 0.5) is 5.82 Å². The number of aliphatic hydroxyl groups is 4. The van der Waals surface area contributed by atoms with E-state index in [1.807, 2.05) is 0 Å². The molecule has 2 aliphatic rings. The average molecular weight is 285 g/mol. The number of aliphatic imine (C=N–C) groups is 1. The SMILES string of the molecule is NC1=NC(O)c2ncn(C3OC(CO)C(O)C3O)c2N1. The van der Waals surface area contributed by atoms with Crippen molar-refractivity contribution in [2.24, 2.45) is 10.7 Å². The monoisotopic (exact) mass is 285 g/mol. The Labute approximate surface area is 113 Å². The van der Waals surface area contributed by atoms with Crippen LogP contribution in [0.15, 0.2) is 11.3 Å². The number of nitrogens with two attached hydrogens (primary N) is 1. The van der Waals surface area contributed by atoms with Crippen LogP contribution in [-0.4, -0.2) is 60.9 Å². The minimum atomic E-state index is -1.25. The van der Waals surface area contributed by atoms with E-state index in [9.17, 15) is 15.3 Å². The van der Waals surface area contributed by atoms with Crippen LogP contribution >= 0.6 is 0 Å². The van der Waals surface area contributed by atoms with Crippen LogP contribution in [0.25, 0.3) is 0 Å². The van der Waals surface area contributed by atoms with Crippen molar-refractivity contribution >= 4 is 11.8 Å². The molecular formula is C10H15N5O5. The fourth-order valence-corrected chi connectivity index (χ4v) is 2.34. The molecule has 1 aromatic heterocycles. The third-order valence-corrected chi connectivity index (χ3v) is 3.37. The Morgan fingerprint density at radius 1 is 1.35 bits per heavy atom. The van der Waals surface area contributed by atoms with Crippen LogP contribution < -0.4 is 11.1 Å². The molecule has 0 radical (unpaired) electrons. The standard InChI is InChI=1S/C10H15N5O5/c11-10-13-7-4(8(19)14-10)12-2-15(7)9-6(18)5(17)3(1-16)20-9/h2-3,5-6,8-9,16-19H,1H2,(H3,11,13,14). The topological polar surface area (TPSA) is 158 Å². The zero-order valence-electron chi connectivity index (χ0n) is 10.3. The van der Waals surface area contributed by atoms with Gasteiger partial charge in [-0.05, 0) is 0 Å². The largest absolute Gasteiger partial charge is 0.394 e. The molecule has 110 valence electrons. The Bertz CT molecular complexity index is 546. The summed E-state index contributed by atoms with van der Waals surface area (Å²) in [5.41, 5.74) is 5.76. The lowest BCUT2D eigenvalue weighted by Gasteiger charge is -2.22. The Balaban J connectivity index is 1.94. The normalized spacial score (nSPS) is 36.4. The lowest BCUT2D eigenvalue weighted by atomic mass is 10.1. The first-order chi connectivity index (χ1) is 9.52. The number of aliphatic hydroxyl groups excluding tert-OH is 4. The summed E-state index contributed by atoms with van der Waals surface area (Å²) >= 11 is 0. The average Bonchev–Trinajstić information content (AvgIpc) is 2.93. The van der Waals surface area contributed by atoms with Crippen LogP contribution in [0.1, 0.15) is 18.1 Å². The number of guanidine groups is 1. The predicted molar refractivity (Wildman–Crippen MR) is 65.4 cm³/mol. The van der Waals surface area contributed by atoms with Crippen molar-refractivity contribution in [1.29, 1.82) is 0 Å². The third kappa shape index (κ3) is 1.85. The summed E-state index contributed by atoms with van der Waals surface area (Å²) in [7, 11) is 0. The fraction of sp³-hybridized carbons (Fsp3) is 0.600. The van der Waals surface area contributed by atoms with Crippen LogP contribution in [0.2, 0.25) is 0 Å². The van der Waals surface area contributed by atoms with E-state index in [4.69, 9.17) is 15.6 Å². The highest BCUT2D eigenvalue weighted by Crippen LogP contribution is 2.35. The quantitative estimate of drug-likeness (QED) is 0.340. The van der Waals surface area contributed by atoms with Crippen molar-refractivity contribution in [2.75, 3.05) is 11.9 Å². The van der Waals surface area contributed by atoms with Crippen molar-refractivity contribution in [3.8, 4) is 0 Å². The maximum Gasteiger partial charge on any atom is 0.197 e. The second-order valence-electron chi connectivity index (χ2n) is 4.63. The van der Waals surface area contributed by atoms with Crippen molar-refractivity contribution in [3.63, 3.8) is 0 Å². The van der Waals surface area contributed by atoms with E-state index in [2.05, 4.69) is 15.3 Å².